The number of Topliss-reactive ketones (excluding diaryl/α,β-unsaturated/α-hetero) is 1. The highest BCUT2D eigenvalue weighted by atomic mass is 35.5. The van der Waals surface area contributed by atoms with Crippen LogP contribution in [0.15, 0.2) is 48.7 Å². The van der Waals surface area contributed by atoms with Crippen LogP contribution in [0.25, 0.3) is 6.08 Å². The van der Waals surface area contributed by atoms with Crippen LogP contribution in [0.3, 0.4) is 0 Å². The van der Waals surface area contributed by atoms with Gasteiger partial charge >= 0.3 is 5.97 Å². The third-order valence-corrected chi connectivity index (χ3v) is 3.35. The summed E-state index contributed by atoms with van der Waals surface area (Å²) >= 11 is 5.95. The number of nitrogens with zero attached hydrogens (tertiary/aromatic N) is 1. The molecule has 0 amide bonds. The number of hydrogen-bond donors (Lipinski definition) is 1. The summed E-state index contributed by atoms with van der Waals surface area (Å²) in [4.78, 5) is 33.0. The average molecular weight is 332 g/mol. The molecule has 0 fully saturated rings. The molecule has 0 radical (unpaired) electrons. The van der Waals surface area contributed by atoms with Crippen molar-refractivity contribution in [1.29, 1.82) is 0 Å². The van der Waals surface area contributed by atoms with Crippen molar-refractivity contribution in [3.63, 3.8) is 0 Å². The number of carboxylic acid groups (broad SMARTS) is 1. The molecule has 1 heterocycles. The first-order valence-corrected chi connectivity index (χ1v) is 7.20. The Kier molecular flexibility index (Phi) is 5.49. The highest BCUT2D eigenvalue weighted by molar-refractivity contribution is 6.37. The maximum Gasteiger partial charge on any atom is 0.372 e. The van der Waals surface area contributed by atoms with Crippen LogP contribution in [0.2, 0.25) is 5.02 Å². The van der Waals surface area contributed by atoms with Crippen molar-refractivity contribution < 1.29 is 19.5 Å². The summed E-state index contributed by atoms with van der Waals surface area (Å²) in [7, 11) is 0. The molecule has 0 aliphatic rings. The standard InChI is InChI=1S/C17H14ClNO4/c18-13-4-1-3-12(9-13)11-19-8-2-5-14(19)6-7-15(20)10-16(21)17(22)23/h1-9H,10-11H2,(H,22,23)/b7-6+. The molecule has 0 aliphatic carbocycles. The maximum atomic E-state index is 11.6. The van der Waals surface area contributed by atoms with E-state index in [1.54, 1.807) is 12.1 Å². The fraction of sp³-hybridized carbons (Fsp3) is 0.118. The average Bonchev–Trinajstić information content (AvgIpc) is 2.92. The Morgan fingerprint density at radius 2 is 1.96 bits per heavy atom. The summed E-state index contributed by atoms with van der Waals surface area (Å²) in [5.74, 6) is -3.27. The van der Waals surface area contributed by atoms with Crippen LogP contribution in [0, 0.1) is 0 Å². The van der Waals surface area contributed by atoms with Gasteiger partial charge in [-0.05, 0) is 42.0 Å². The van der Waals surface area contributed by atoms with Crippen LogP contribution < -0.4 is 0 Å². The number of rotatable bonds is 7. The van der Waals surface area contributed by atoms with Crippen LogP contribution in [0.5, 0.6) is 0 Å². The first-order chi connectivity index (χ1) is 11.0. The number of ketones is 2. The van der Waals surface area contributed by atoms with Crippen molar-refractivity contribution in [2.45, 2.75) is 13.0 Å². The molecule has 118 valence electrons. The van der Waals surface area contributed by atoms with Gasteiger partial charge in [0.15, 0.2) is 5.78 Å². The van der Waals surface area contributed by atoms with Crippen LogP contribution >= 0.6 is 11.6 Å². The van der Waals surface area contributed by atoms with Crippen LogP contribution in [-0.4, -0.2) is 27.2 Å². The third-order valence-electron chi connectivity index (χ3n) is 3.12. The lowest BCUT2D eigenvalue weighted by Crippen LogP contribution is -2.15. The summed E-state index contributed by atoms with van der Waals surface area (Å²) in [5, 5.41) is 9.12. The van der Waals surface area contributed by atoms with Crippen molar-refractivity contribution >= 4 is 35.2 Å². The minimum Gasteiger partial charge on any atom is -0.475 e. The molecular weight excluding hydrogens is 318 g/mol. The molecule has 2 aromatic rings. The van der Waals surface area contributed by atoms with E-state index < -0.39 is 24.0 Å². The zero-order valence-electron chi connectivity index (χ0n) is 12.1. The Bertz CT molecular complexity index is 776. The van der Waals surface area contributed by atoms with Gasteiger partial charge in [0.2, 0.25) is 5.78 Å². The molecule has 5 nitrogen and oxygen atoms in total. The van der Waals surface area contributed by atoms with E-state index >= 15 is 0 Å². The van der Waals surface area contributed by atoms with E-state index in [2.05, 4.69) is 0 Å². The van der Waals surface area contributed by atoms with Crippen molar-refractivity contribution in [2.75, 3.05) is 0 Å². The normalized spacial score (nSPS) is 10.8. The minimum absolute atomic E-state index is 0.548. The molecule has 0 saturated carbocycles. The summed E-state index contributed by atoms with van der Waals surface area (Å²) in [6.07, 6.45) is 3.99. The zero-order valence-corrected chi connectivity index (χ0v) is 12.9. The Morgan fingerprint density at radius 3 is 2.65 bits per heavy atom. The van der Waals surface area contributed by atoms with Crippen LogP contribution in [-0.2, 0) is 20.9 Å². The monoisotopic (exact) mass is 331 g/mol. The first kappa shape index (κ1) is 16.7. The summed E-state index contributed by atoms with van der Waals surface area (Å²) in [6, 6.07) is 11.1. The molecule has 0 saturated heterocycles. The van der Waals surface area contributed by atoms with Crippen LogP contribution in [0.1, 0.15) is 17.7 Å². The fourth-order valence-electron chi connectivity index (χ4n) is 2.03. The molecule has 6 heteroatoms. The lowest BCUT2D eigenvalue weighted by molar-refractivity contribution is -0.149. The molecule has 23 heavy (non-hydrogen) atoms. The van der Waals surface area contributed by atoms with Crippen molar-refractivity contribution in [1.82, 2.24) is 4.57 Å². The Balaban J connectivity index is 2.06. The van der Waals surface area contributed by atoms with Crippen molar-refractivity contribution in [3.05, 3.63) is 65.0 Å². The number of carbonyl (C=O) groups is 3. The van der Waals surface area contributed by atoms with E-state index in [0.717, 1.165) is 11.3 Å². The second-order valence-electron chi connectivity index (χ2n) is 4.90. The van der Waals surface area contributed by atoms with E-state index in [4.69, 9.17) is 16.7 Å². The molecule has 1 aromatic carbocycles. The number of benzene rings is 1. The summed E-state index contributed by atoms with van der Waals surface area (Å²) in [5.41, 5.74) is 1.77. The first-order valence-electron chi connectivity index (χ1n) is 6.82. The minimum atomic E-state index is -1.60. The fourth-order valence-corrected chi connectivity index (χ4v) is 2.24. The van der Waals surface area contributed by atoms with Gasteiger partial charge in [-0.25, -0.2) is 4.79 Å². The van der Waals surface area contributed by atoms with E-state index in [9.17, 15) is 14.4 Å². The van der Waals surface area contributed by atoms with Gasteiger partial charge in [0, 0.05) is 23.5 Å². The Labute approximate surface area is 137 Å². The van der Waals surface area contributed by atoms with Gasteiger partial charge in [0.25, 0.3) is 0 Å². The lowest BCUT2D eigenvalue weighted by atomic mass is 10.2. The number of allylic oxidation sites excluding steroid dienone is 1. The number of halogens is 1. The van der Waals surface area contributed by atoms with E-state index in [0.29, 0.717) is 11.6 Å². The molecule has 1 N–H and O–H groups in total. The summed E-state index contributed by atoms with van der Waals surface area (Å²) in [6.45, 7) is 0.579. The van der Waals surface area contributed by atoms with Gasteiger partial charge < -0.3 is 9.67 Å². The highest BCUT2D eigenvalue weighted by Gasteiger charge is 2.14. The molecule has 0 bridgehead atoms. The molecule has 0 unspecified atom stereocenters. The number of aliphatic carboxylic acids is 1. The second kappa shape index (κ2) is 7.56. The maximum absolute atomic E-state index is 11.6. The largest absolute Gasteiger partial charge is 0.475 e. The van der Waals surface area contributed by atoms with Gasteiger partial charge in [-0.2, -0.15) is 0 Å². The van der Waals surface area contributed by atoms with Crippen molar-refractivity contribution in [2.24, 2.45) is 0 Å². The topological polar surface area (TPSA) is 76.4 Å². The Morgan fingerprint density at radius 1 is 1.17 bits per heavy atom. The van der Waals surface area contributed by atoms with E-state index in [-0.39, 0.29) is 0 Å². The molecular formula is C17H14ClNO4. The Hall–Kier alpha value is -2.66. The predicted octanol–water partition coefficient (Wildman–Crippen LogP) is 2.82. The number of hydrogen-bond acceptors (Lipinski definition) is 3. The van der Waals surface area contributed by atoms with E-state index in [1.165, 1.54) is 6.08 Å². The van der Waals surface area contributed by atoms with Crippen molar-refractivity contribution in [3.8, 4) is 0 Å². The number of aromatic nitrogens is 1. The molecule has 0 spiro atoms. The third kappa shape index (κ3) is 4.93. The number of carboxylic acids is 1. The predicted molar refractivity (Wildman–Crippen MR) is 86.3 cm³/mol. The molecule has 0 atom stereocenters. The molecule has 1 aromatic heterocycles. The zero-order chi connectivity index (χ0) is 16.8. The van der Waals surface area contributed by atoms with Gasteiger partial charge in [0.05, 0.1) is 6.42 Å². The second-order valence-corrected chi connectivity index (χ2v) is 5.33. The van der Waals surface area contributed by atoms with E-state index in [1.807, 2.05) is 41.1 Å². The number of carbonyl (C=O) groups excluding carboxylic acids is 2. The quantitative estimate of drug-likeness (QED) is 0.481. The van der Waals surface area contributed by atoms with Gasteiger partial charge in [-0.15, -0.1) is 0 Å². The van der Waals surface area contributed by atoms with Gasteiger partial charge in [-0.1, -0.05) is 23.7 Å². The highest BCUT2D eigenvalue weighted by Crippen LogP contribution is 2.14. The lowest BCUT2D eigenvalue weighted by Gasteiger charge is -2.07. The summed E-state index contributed by atoms with van der Waals surface area (Å²) < 4.78 is 1.91. The van der Waals surface area contributed by atoms with Gasteiger partial charge in [0.1, 0.15) is 0 Å². The SMILES string of the molecule is O=C(/C=C/c1cccn1Cc1cccc(Cl)c1)CC(=O)C(=O)O. The van der Waals surface area contributed by atoms with Crippen LogP contribution in [0.4, 0.5) is 0 Å². The van der Waals surface area contributed by atoms with Gasteiger partial charge in [-0.3, -0.25) is 9.59 Å². The molecule has 0 aliphatic heterocycles. The smallest absolute Gasteiger partial charge is 0.372 e. The molecule has 2 rings (SSSR count).